The van der Waals surface area contributed by atoms with Crippen molar-refractivity contribution in [1.82, 2.24) is 4.90 Å². The molecule has 0 unspecified atom stereocenters. The van der Waals surface area contributed by atoms with Gasteiger partial charge in [0.1, 0.15) is 5.54 Å². The zero-order valence-electron chi connectivity index (χ0n) is 8.36. The van der Waals surface area contributed by atoms with Crippen molar-refractivity contribution in [2.75, 3.05) is 14.1 Å². The summed E-state index contributed by atoms with van der Waals surface area (Å²) >= 11 is 0. The van der Waals surface area contributed by atoms with Gasteiger partial charge in [0, 0.05) is 0 Å². The molecule has 14 heavy (non-hydrogen) atoms. The van der Waals surface area contributed by atoms with Crippen molar-refractivity contribution in [1.29, 1.82) is 0 Å². The van der Waals surface area contributed by atoms with Crippen molar-refractivity contribution >= 4 is 11.9 Å². The third kappa shape index (κ3) is 1.59. The Morgan fingerprint density at radius 1 is 1.36 bits per heavy atom. The molecule has 0 aromatic heterocycles. The Labute approximate surface area is 82.3 Å². The maximum Gasteiger partial charge on any atom is 0.324 e. The average Bonchev–Trinajstić information content (AvgIpc) is 2.48. The molecule has 2 atom stereocenters. The molecule has 0 aromatic carbocycles. The van der Waals surface area contributed by atoms with Gasteiger partial charge >= 0.3 is 11.9 Å². The van der Waals surface area contributed by atoms with Crippen LogP contribution in [0.2, 0.25) is 0 Å². The van der Waals surface area contributed by atoms with E-state index >= 15 is 0 Å². The summed E-state index contributed by atoms with van der Waals surface area (Å²) in [5, 5.41) is 17.9. The average molecular weight is 201 g/mol. The number of carbonyl (C=O) groups is 2. The highest BCUT2D eigenvalue weighted by molar-refractivity contribution is 5.81. The molecule has 5 nitrogen and oxygen atoms in total. The summed E-state index contributed by atoms with van der Waals surface area (Å²) in [4.78, 5) is 23.4. The first-order valence-corrected chi connectivity index (χ1v) is 4.54. The number of likely N-dealkylation sites (N-methyl/N-ethyl adjacent to an activating group) is 1. The second-order valence-corrected chi connectivity index (χ2v) is 4.01. The topological polar surface area (TPSA) is 77.8 Å². The standard InChI is InChI=1S/C9H15NO4/c1-10(2)9(8(13)14)4-3-6(5-9)7(11)12/h6H,3-5H2,1-2H3,(H,11,12)(H,13,14)/t6-,9-/m1/s1. The molecule has 0 amide bonds. The molecule has 80 valence electrons. The van der Waals surface area contributed by atoms with E-state index in [-0.39, 0.29) is 6.42 Å². The van der Waals surface area contributed by atoms with Crippen LogP contribution in [0.4, 0.5) is 0 Å². The Bertz CT molecular complexity index is 264. The second kappa shape index (κ2) is 3.57. The van der Waals surface area contributed by atoms with E-state index in [0.717, 1.165) is 0 Å². The predicted molar refractivity (Wildman–Crippen MR) is 49.0 cm³/mol. The number of nitrogens with zero attached hydrogens (tertiary/aromatic N) is 1. The smallest absolute Gasteiger partial charge is 0.324 e. The number of aliphatic carboxylic acids is 2. The van der Waals surface area contributed by atoms with Gasteiger partial charge in [0.15, 0.2) is 0 Å². The highest BCUT2D eigenvalue weighted by atomic mass is 16.4. The minimum Gasteiger partial charge on any atom is -0.481 e. The van der Waals surface area contributed by atoms with E-state index < -0.39 is 23.4 Å². The van der Waals surface area contributed by atoms with Gasteiger partial charge in [0.25, 0.3) is 0 Å². The second-order valence-electron chi connectivity index (χ2n) is 4.01. The molecule has 1 aliphatic rings. The lowest BCUT2D eigenvalue weighted by Gasteiger charge is -2.31. The Morgan fingerprint density at radius 3 is 2.14 bits per heavy atom. The first kappa shape index (κ1) is 11.0. The summed E-state index contributed by atoms with van der Waals surface area (Å²) in [6, 6.07) is 0. The van der Waals surface area contributed by atoms with E-state index in [2.05, 4.69) is 0 Å². The van der Waals surface area contributed by atoms with Crippen molar-refractivity contribution in [2.45, 2.75) is 24.8 Å². The SMILES string of the molecule is CN(C)[C@]1(C(=O)O)CC[C@@H](C(=O)O)C1. The van der Waals surface area contributed by atoms with Gasteiger partial charge in [-0.25, -0.2) is 0 Å². The summed E-state index contributed by atoms with van der Waals surface area (Å²) in [6.07, 6.45) is 1.05. The van der Waals surface area contributed by atoms with Gasteiger partial charge in [-0.3, -0.25) is 14.5 Å². The molecule has 1 aliphatic carbocycles. The Kier molecular flexibility index (Phi) is 2.80. The highest BCUT2D eigenvalue weighted by Gasteiger charge is 2.49. The molecule has 0 aromatic rings. The number of rotatable bonds is 3. The van der Waals surface area contributed by atoms with E-state index in [1.54, 1.807) is 19.0 Å². The Morgan fingerprint density at radius 2 is 1.93 bits per heavy atom. The van der Waals surface area contributed by atoms with Gasteiger partial charge in [-0.1, -0.05) is 0 Å². The maximum atomic E-state index is 11.1. The Hall–Kier alpha value is -1.10. The number of carboxylic acid groups (broad SMARTS) is 2. The number of hydrogen-bond donors (Lipinski definition) is 2. The van der Waals surface area contributed by atoms with Crippen LogP contribution >= 0.6 is 0 Å². The summed E-state index contributed by atoms with van der Waals surface area (Å²) in [5.74, 6) is -2.34. The monoisotopic (exact) mass is 201 g/mol. The number of carboxylic acids is 2. The minimum absolute atomic E-state index is 0.199. The van der Waals surface area contributed by atoms with Gasteiger partial charge in [0.05, 0.1) is 5.92 Å². The van der Waals surface area contributed by atoms with E-state index in [0.29, 0.717) is 12.8 Å². The molecule has 0 bridgehead atoms. The zero-order chi connectivity index (χ0) is 10.9. The van der Waals surface area contributed by atoms with Crippen LogP contribution in [-0.2, 0) is 9.59 Å². The lowest BCUT2D eigenvalue weighted by Crippen LogP contribution is -2.49. The third-order valence-corrected chi connectivity index (χ3v) is 3.09. The molecule has 0 aliphatic heterocycles. The van der Waals surface area contributed by atoms with Crippen molar-refractivity contribution < 1.29 is 19.8 Å². The lowest BCUT2D eigenvalue weighted by molar-refractivity contribution is -0.150. The van der Waals surface area contributed by atoms with Gasteiger partial charge in [-0.05, 0) is 33.4 Å². The minimum atomic E-state index is -0.983. The molecule has 1 fully saturated rings. The van der Waals surface area contributed by atoms with Crippen molar-refractivity contribution in [3.05, 3.63) is 0 Å². The molecule has 0 heterocycles. The zero-order valence-corrected chi connectivity index (χ0v) is 8.36. The molecular weight excluding hydrogens is 186 g/mol. The van der Waals surface area contributed by atoms with Crippen LogP contribution in [0.25, 0.3) is 0 Å². The van der Waals surface area contributed by atoms with Crippen LogP contribution in [0.5, 0.6) is 0 Å². The van der Waals surface area contributed by atoms with E-state index in [4.69, 9.17) is 10.2 Å². The van der Waals surface area contributed by atoms with Crippen LogP contribution in [0, 0.1) is 5.92 Å². The normalized spacial score (nSPS) is 32.1. The molecule has 1 rings (SSSR count). The molecule has 5 heteroatoms. The van der Waals surface area contributed by atoms with Crippen LogP contribution < -0.4 is 0 Å². The van der Waals surface area contributed by atoms with Gasteiger partial charge in [-0.2, -0.15) is 0 Å². The van der Waals surface area contributed by atoms with E-state index in [9.17, 15) is 9.59 Å². The first-order chi connectivity index (χ1) is 6.40. The van der Waals surface area contributed by atoms with E-state index in [1.807, 2.05) is 0 Å². The fourth-order valence-corrected chi connectivity index (χ4v) is 2.03. The molecule has 0 spiro atoms. The van der Waals surface area contributed by atoms with Crippen LogP contribution in [0.15, 0.2) is 0 Å². The van der Waals surface area contributed by atoms with Crippen LogP contribution in [-0.4, -0.2) is 46.7 Å². The van der Waals surface area contributed by atoms with Gasteiger partial charge < -0.3 is 10.2 Å². The lowest BCUT2D eigenvalue weighted by atomic mass is 9.95. The summed E-state index contributed by atoms with van der Waals surface area (Å²) < 4.78 is 0. The van der Waals surface area contributed by atoms with Gasteiger partial charge in [0.2, 0.25) is 0 Å². The van der Waals surface area contributed by atoms with E-state index in [1.165, 1.54) is 0 Å². The summed E-state index contributed by atoms with van der Waals surface area (Å²) in [6.45, 7) is 0. The largest absolute Gasteiger partial charge is 0.481 e. The summed E-state index contributed by atoms with van der Waals surface area (Å²) in [7, 11) is 3.36. The predicted octanol–water partition coefficient (Wildman–Crippen LogP) is 0.256. The fraction of sp³-hybridized carbons (Fsp3) is 0.778. The fourth-order valence-electron chi connectivity index (χ4n) is 2.03. The van der Waals surface area contributed by atoms with Crippen molar-refractivity contribution in [2.24, 2.45) is 5.92 Å². The van der Waals surface area contributed by atoms with Gasteiger partial charge in [-0.15, -0.1) is 0 Å². The highest BCUT2D eigenvalue weighted by Crippen LogP contribution is 2.38. The molecule has 0 saturated heterocycles. The molecular formula is C9H15NO4. The Balaban J connectivity index is 2.85. The van der Waals surface area contributed by atoms with Crippen molar-refractivity contribution in [3.63, 3.8) is 0 Å². The first-order valence-electron chi connectivity index (χ1n) is 4.54. The summed E-state index contributed by atoms with van der Waals surface area (Å²) in [5.41, 5.74) is -0.983. The van der Waals surface area contributed by atoms with Crippen LogP contribution in [0.1, 0.15) is 19.3 Å². The van der Waals surface area contributed by atoms with Crippen molar-refractivity contribution in [3.8, 4) is 0 Å². The molecule has 1 saturated carbocycles. The quantitative estimate of drug-likeness (QED) is 0.684. The number of hydrogen-bond acceptors (Lipinski definition) is 3. The third-order valence-electron chi connectivity index (χ3n) is 3.09. The maximum absolute atomic E-state index is 11.1. The molecule has 2 N–H and O–H groups in total. The molecule has 0 radical (unpaired) electrons. The van der Waals surface area contributed by atoms with Crippen LogP contribution in [0.3, 0.4) is 0 Å².